The summed E-state index contributed by atoms with van der Waals surface area (Å²) >= 11 is 0. The molecule has 10 aromatic carbocycles. The molecule has 0 saturated heterocycles. The van der Waals surface area contributed by atoms with E-state index in [-0.39, 0.29) is 0 Å². The van der Waals surface area contributed by atoms with Gasteiger partial charge in [0.2, 0.25) is 0 Å². The van der Waals surface area contributed by atoms with Crippen molar-refractivity contribution >= 4 is 60.2 Å². The molecule has 248 valence electrons. The Hall–Kier alpha value is -6.96. The van der Waals surface area contributed by atoms with Gasteiger partial charge in [-0.1, -0.05) is 170 Å². The molecular formula is C52H35N. The lowest BCUT2D eigenvalue weighted by Gasteiger charge is -2.26. The fourth-order valence-corrected chi connectivity index (χ4v) is 8.06. The highest BCUT2D eigenvalue weighted by Crippen LogP contribution is 2.41. The van der Waals surface area contributed by atoms with Gasteiger partial charge in [-0.15, -0.1) is 0 Å². The summed E-state index contributed by atoms with van der Waals surface area (Å²) in [6.07, 6.45) is 0. The van der Waals surface area contributed by atoms with Gasteiger partial charge in [-0.25, -0.2) is 0 Å². The van der Waals surface area contributed by atoms with Crippen molar-refractivity contribution in [2.75, 3.05) is 4.90 Å². The topological polar surface area (TPSA) is 3.24 Å². The lowest BCUT2D eigenvalue weighted by atomic mass is 9.90. The van der Waals surface area contributed by atoms with Crippen LogP contribution in [-0.4, -0.2) is 0 Å². The number of hydrogen-bond acceptors (Lipinski definition) is 1. The molecule has 0 atom stereocenters. The van der Waals surface area contributed by atoms with Crippen molar-refractivity contribution in [3.63, 3.8) is 0 Å². The van der Waals surface area contributed by atoms with E-state index in [1.807, 2.05) is 0 Å². The van der Waals surface area contributed by atoms with E-state index in [9.17, 15) is 0 Å². The second-order valence-corrected chi connectivity index (χ2v) is 13.7. The van der Waals surface area contributed by atoms with Crippen LogP contribution in [0.5, 0.6) is 0 Å². The van der Waals surface area contributed by atoms with Crippen molar-refractivity contribution in [3.05, 3.63) is 212 Å². The molecule has 0 aliphatic rings. The molecule has 0 amide bonds. The number of hydrogen-bond donors (Lipinski definition) is 0. The van der Waals surface area contributed by atoms with E-state index in [0.717, 1.165) is 17.1 Å². The minimum absolute atomic E-state index is 1.11. The molecule has 0 aliphatic carbocycles. The van der Waals surface area contributed by atoms with Crippen LogP contribution in [0, 0.1) is 0 Å². The van der Waals surface area contributed by atoms with Gasteiger partial charge in [0.05, 0.1) is 0 Å². The monoisotopic (exact) mass is 673 g/mol. The average Bonchev–Trinajstić information content (AvgIpc) is 3.24. The molecule has 0 aliphatic heterocycles. The maximum absolute atomic E-state index is 2.37. The number of nitrogens with zero attached hydrogens (tertiary/aromatic N) is 1. The van der Waals surface area contributed by atoms with Gasteiger partial charge in [0, 0.05) is 17.1 Å². The van der Waals surface area contributed by atoms with Crippen LogP contribution in [0.4, 0.5) is 17.1 Å². The highest BCUT2D eigenvalue weighted by atomic mass is 15.1. The van der Waals surface area contributed by atoms with Gasteiger partial charge in [-0.3, -0.25) is 0 Å². The third-order valence-corrected chi connectivity index (χ3v) is 10.6. The lowest BCUT2D eigenvalue weighted by Crippen LogP contribution is -2.09. The Morgan fingerprint density at radius 2 is 0.698 bits per heavy atom. The highest BCUT2D eigenvalue weighted by Gasteiger charge is 2.16. The minimum atomic E-state index is 1.11. The van der Waals surface area contributed by atoms with Crippen LogP contribution in [0.1, 0.15) is 0 Å². The Labute approximate surface area is 309 Å². The van der Waals surface area contributed by atoms with Gasteiger partial charge in [0.1, 0.15) is 0 Å². The molecule has 0 spiro atoms. The quantitative estimate of drug-likeness (QED) is 0.159. The summed E-state index contributed by atoms with van der Waals surface area (Å²) in [5, 5.41) is 10.2. The minimum Gasteiger partial charge on any atom is -0.311 e. The van der Waals surface area contributed by atoms with Gasteiger partial charge in [-0.05, 0) is 119 Å². The Bertz CT molecular complexity index is 2900. The molecule has 0 fully saturated rings. The Balaban J connectivity index is 1.08. The fourth-order valence-electron chi connectivity index (χ4n) is 8.06. The van der Waals surface area contributed by atoms with Crippen LogP contribution in [0.2, 0.25) is 0 Å². The summed E-state index contributed by atoms with van der Waals surface area (Å²) in [5.74, 6) is 0. The first kappa shape index (κ1) is 30.8. The summed E-state index contributed by atoms with van der Waals surface area (Å²) in [6.45, 7) is 0. The zero-order chi connectivity index (χ0) is 35.1. The van der Waals surface area contributed by atoms with Gasteiger partial charge in [0.25, 0.3) is 0 Å². The molecule has 10 rings (SSSR count). The molecule has 0 aromatic heterocycles. The molecule has 53 heavy (non-hydrogen) atoms. The number of anilines is 3. The zero-order valence-electron chi connectivity index (χ0n) is 29.2. The van der Waals surface area contributed by atoms with E-state index in [2.05, 4.69) is 217 Å². The van der Waals surface area contributed by atoms with Crippen molar-refractivity contribution in [3.8, 4) is 33.4 Å². The molecule has 0 N–H and O–H groups in total. The van der Waals surface area contributed by atoms with Crippen LogP contribution in [-0.2, 0) is 0 Å². The van der Waals surface area contributed by atoms with Gasteiger partial charge in [0.15, 0.2) is 0 Å². The van der Waals surface area contributed by atoms with Gasteiger partial charge < -0.3 is 4.90 Å². The summed E-state index contributed by atoms with van der Waals surface area (Å²) in [6, 6.07) is 77.1. The Morgan fingerprint density at radius 1 is 0.245 bits per heavy atom. The third-order valence-electron chi connectivity index (χ3n) is 10.6. The molecule has 1 heteroatoms. The predicted octanol–water partition coefficient (Wildman–Crippen LogP) is 14.8. The number of rotatable bonds is 6. The molecule has 1 nitrogen and oxygen atoms in total. The highest BCUT2D eigenvalue weighted by molar-refractivity contribution is 6.23. The van der Waals surface area contributed by atoms with Crippen LogP contribution in [0.3, 0.4) is 0 Å². The summed E-state index contributed by atoms with van der Waals surface area (Å²) < 4.78 is 0. The van der Waals surface area contributed by atoms with E-state index in [0.29, 0.717) is 0 Å². The first-order valence-electron chi connectivity index (χ1n) is 18.3. The summed E-state index contributed by atoms with van der Waals surface area (Å²) in [5.41, 5.74) is 10.6. The van der Waals surface area contributed by atoms with Crippen LogP contribution < -0.4 is 4.90 Å². The third kappa shape index (κ3) is 5.51. The van der Waals surface area contributed by atoms with E-state index in [1.165, 1.54) is 76.5 Å². The summed E-state index contributed by atoms with van der Waals surface area (Å²) in [7, 11) is 0. The zero-order valence-corrected chi connectivity index (χ0v) is 29.2. The average molecular weight is 674 g/mol. The van der Waals surface area contributed by atoms with Crippen molar-refractivity contribution in [2.24, 2.45) is 0 Å². The van der Waals surface area contributed by atoms with Crippen LogP contribution >= 0.6 is 0 Å². The van der Waals surface area contributed by atoms with E-state index >= 15 is 0 Å². The SMILES string of the molecule is c1ccc(-c2ccc(N(c3ccc(-c4cccc5ccccc45)cc3)c3ccc(-c4cc5ccc6ccccc6c5c5ccccc45)cc3)cc2)cc1. The first-order chi connectivity index (χ1) is 26.3. The van der Waals surface area contributed by atoms with Crippen LogP contribution in [0.15, 0.2) is 212 Å². The number of benzene rings is 10. The standard InChI is InChI=1S/C52H35N/c1-2-11-36(12-3-1)37-23-29-43(30-24-37)53(44-31-25-40(26-32-44)47-20-10-15-38-13-4-6-16-46(38)47)45-33-27-41(28-34-45)51-35-42-22-21-39-14-5-7-17-48(39)52(42)50-19-9-8-18-49(50)51/h1-35H. The molecule has 0 radical (unpaired) electrons. The second-order valence-electron chi connectivity index (χ2n) is 13.7. The molecule has 10 aromatic rings. The van der Waals surface area contributed by atoms with E-state index < -0.39 is 0 Å². The normalized spacial score (nSPS) is 11.4. The Kier molecular flexibility index (Phi) is 7.55. The van der Waals surface area contributed by atoms with Crippen molar-refractivity contribution in [2.45, 2.75) is 0 Å². The largest absolute Gasteiger partial charge is 0.311 e. The molecule has 0 unspecified atom stereocenters. The first-order valence-corrected chi connectivity index (χ1v) is 18.3. The van der Waals surface area contributed by atoms with E-state index in [4.69, 9.17) is 0 Å². The molecule has 0 saturated carbocycles. The fraction of sp³-hybridized carbons (Fsp3) is 0. The van der Waals surface area contributed by atoms with Gasteiger partial charge >= 0.3 is 0 Å². The van der Waals surface area contributed by atoms with Crippen LogP contribution in [0.25, 0.3) is 76.5 Å². The maximum atomic E-state index is 2.37. The van der Waals surface area contributed by atoms with Crippen molar-refractivity contribution in [1.82, 2.24) is 0 Å². The van der Waals surface area contributed by atoms with Crippen molar-refractivity contribution < 1.29 is 0 Å². The molecule has 0 bridgehead atoms. The van der Waals surface area contributed by atoms with Crippen molar-refractivity contribution in [1.29, 1.82) is 0 Å². The Morgan fingerprint density at radius 3 is 1.36 bits per heavy atom. The molecule has 0 heterocycles. The predicted molar refractivity (Wildman–Crippen MR) is 227 cm³/mol. The molecular weight excluding hydrogens is 639 g/mol. The van der Waals surface area contributed by atoms with E-state index in [1.54, 1.807) is 0 Å². The summed E-state index contributed by atoms with van der Waals surface area (Å²) in [4.78, 5) is 2.36. The number of fused-ring (bicyclic) bond motifs is 6. The lowest BCUT2D eigenvalue weighted by molar-refractivity contribution is 1.28. The maximum Gasteiger partial charge on any atom is 0.0462 e. The second kappa shape index (κ2) is 13.0. The van der Waals surface area contributed by atoms with Gasteiger partial charge in [-0.2, -0.15) is 0 Å². The smallest absolute Gasteiger partial charge is 0.0462 e.